The summed E-state index contributed by atoms with van der Waals surface area (Å²) in [5.74, 6) is 0.715. The maximum Gasteiger partial charge on any atom is 0.263 e. The molecule has 8 heteroatoms. The number of carbonyl (C=O) groups is 1. The summed E-state index contributed by atoms with van der Waals surface area (Å²) in [5, 5.41) is 5.85. The average molecular weight is 430 g/mol. The van der Waals surface area contributed by atoms with Gasteiger partial charge in [0.25, 0.3) is 5.91 Å². The van der Waals surface area contributed by atoms with Crippen molar-refractivity contribution in [1.29, 1.82) is 0 Å². The summed E-state index contributed by atoms with van der Waals surface area (Å²) >= 11 is 3.03. The van der Waals surface area contributed by atoms with Crippen LogP contribution in [0.25, 0.3) is 9.88 Å². The Morgan fingerprint density at radius 3 is 2.97 bits per heavy atom. The molecule has 1 N–H and O–H groups in total. The van der Waals surface area contributed by atoms with Gasteiger partial charge in [-0.15, -0.1) is 22.7 Å². The lowest BCUT2D eigenvalue weighted by atomic mass is 10.2. The second-order valence-corrected chi connectivity index (χ2v) is 8.62. The van der Waals surface area contributed by atoms with E-state index in [4.69, 9.17) is 9.47 Å². The Kier molecular flexibility index (Phi) is 6.89. The highest BCUT2D eigenvalue weighted by Crippen LogP contribution is 2.28. The smallest absolute Gasteiger partial charge is 0.263 e. The number of ether oxygens (including phenoxy) is 2. The predicted molar refractivity (Wildman–Crippen MR) is 116 cm³/mol. The maximum atomic E-state index is 12.4. The van der Waals surface area contributed by atoms with Crippen LogP contribution in [0.4, 0.5) is 0 Å². The minimum absolute atomic E-state index is 0.107. The molecule has 2 aromatic heterocycles. The fraction of sp³-hybridized carbons (Fsp3) is 0.333. The number of hydrogen-bond donors (Lipinski definition) is 1. The third kappa shape index (κ3) is 5.63. The van der Waals surface area contributed by atoms with Crippen LogP contribution >= 0.6 is 22.7 Å². The number of rotatable bonds is 8. The molecule has 1 saturated heterocycles. The van der Waals surface area contributed by atoms with Gasteiger partial charge >= 0.3 is 0 Å². The van der Waals surface area contributed by atoms with Crippen molar-refractivity contribution in [2.45, 2.75) is 6.54 Å². The summed E-state index contributed by atoms with van der Waals surface area (Å²) in [6.45, 7) is 5.49. The maximum absolute atomic E-state index is 12.4. The fourth-order valence-corrected chi connectivity index (χ4v) is 4.66. The summed E-state index contributed by atoms with van der Waals surface area (Å²) in [7, 11) is 0. The van der Waals surface area contributed by atoms with Crippen LogP contribution in [0.2, 0.25) is 0 Å². The van der Waals surface area contributed by atoms with E-state index in [9.17, 15) is 4.79 Å². The van der Waals surface area contributed by atoms with Crippen LogP contribution in [-0.4, -0.2) is 55.2 Å². The summed E-state index contributed by atoms with van der Waals surface area (Å²) in [6.07, 6.45) is 1.64. The first-order chi connectivity index (χ1) is 14.3. The number of nitrogens with zero attached hydrogens (tertiary/aromatic N) is 2. The van der Waals surface area contributed by atoms with Crippen LogP contribution in [-0.2, 0) is 11.3 Å². The normalized spacial score (nSPS) is 14.6. The highest BCUT2D eigenvalue weighted by Gasteiger charge is 2.13. The van der Waals surface area contributed by atoms with Crippen molar-refractivity contribution in [2.75, 3.05) is 39.5 Å². The van der Waals surface area contributed by atoms with Gasteiger partial charge in [-0.3, -0.25) is 9.69 Å². The Morgan fingerprint density at radius 2 is 2.14 bits per heavy atom. The third-order valence-electron chi connectivity index (χ3n) is 4.59. The van der Waals surface area contributed by atoms with Crippen LogP contribution in [0.1, 0.15) is 15.2 Å². The Hall–Kier alpha value is -2.26. The van der Waals surface area contributed by atoms with Gasteiger partial charge in [-0.2, -0.15) is 0 Å². The summed E-state index contributed by atoms with van der Waals surface area (Å²) in [4.78, 5) is 20.8. The van der Waals surface area contributed by atoms with Crippen LogP contribution in [0, 0.1) is 0 Å². The van der Waals surface area contributed by atoms with E-state index in [1.807, 2.05) is 41.8 Å². The van der Waals surface area contributed by atoms with Gasteiger partial charge in [-0.05, 0) is 29.1 Å². The SMILES string of the molecule is O=C(NCc1cccc(OCCN2CCOCC2)c1)c1cnc(-c2cccs2)s1. The Labute approximate surface area is 178 Å². The van der Waals surface area contributed by atoms with E-state index in [2.05, 4.69) is 15.2 Å². The molecule has 152 valence electrons. The zero-order valence-corrected chi connectivity index (χ0v) is 17.6. The molecule has 0 bridgehead atoms. The molecule has 6 nitrogen and oxygen atoms in total. The number of carbonyl (C=O) groups excluding carboxylic acids is 1. The third-order valence-corrected chi connectivity index (χ3v) is 6.63. The van der Waals surface area contributed by atoms with E-state index in [1.165, 1.54) is 11.3 Å². The largest absolute Gasteiger partial charge is 0.492 e. The number of morpholine rings is 1. The number of aromatic nitrogens is 1. The molecular formula is C21H23N3O3S2. The molecule has 1 fully saturated rings. The molecule has 1 aromatic carbocycles. The zero-order valence-electron chi connectivity index (χ0n) is 16.0. The van der Waals surface area contributed by atoms with E-state index >= 15 is 0 Å². The Morgan fingerprint density at radius 1 is 1.24 bits per heavy atom. The predicted octanol–water partition coefficient (Wildman–Crippen LogP) is 3.51. The van der Waals surface area contributed by atoms with Crippen molar-refractivity contribution >= 4 is 28.6 Å². The Bertz CT molecular complexity index is 921. The molecule has 29 heavy (non-hydrogen) atoms. The highest BCUT2D eigenvalue weighted by atomic mass is 32.1. The van der Waals surface area contributed by atoms with Crippen molar-refractivity contribution in [3.05, 3.63) is 58.4 Å². The van der Waals surface area contributed by atoms with E-state index in [0.29, 0.717) is 18.0 Å². The van der Waals surface area contributed by atoms with Gasteiger partial charge in [0.15, 0.2) is 0 Å². The molecular weight excluding hydrogens is 406 g/mol. The Balaban J connectivity index is 1.26. The van der Waals surface area contributed by atoms with E-state index in [0.717, 1.165) is 54.0 Å². The van der Waals surface area contributed by atoms with Crippen LogP contribution in [0.5, 0.6) is 5.75 Å². The standard InChI is InChI=1S/C21H23N3O3S2/c25-20(19-15-23-21(29-19)18-5-2-12-28-18)22-14-16-3-1-4-17(13-16)27-11-8-24-6-9-26-10-7-24/h1-5,12-13,15H,6-11,14H2,(H,22,25). The molecule has 3 aromatic rings. The van der Waals surface area contributed by atoms with Gasteiger partial charge in [0, 0.05) is 26.2 Å². The molecule has 1 amide bonds. The van der Waals surface area contributed by atoms with Crippen LogP contribution in [0.3, 0.4) is 0 Å². The lowest BCUT2D eigenvalue weighted by Crippen LogP contribution is -2.38. The van der Waals surface area contributed by atoms with E-state index in [-0.39, 0.29) is 5.91 Å². The number of hydrogen-bond acceptors (Lipinski definition) is 7. The molecule has 4 rings (SSSR count). The molecule has 0 aliphatic carbocycles. The fourth-order valence-electron chi connectivity index (χ4n) is 3.03. The van der Waals surface area contributed by atoms with Gasteiger partial charge in [0.05, 0.1) is 24.3 Å². The molecule has 0 saturated carbocycles. The molecule has 1 aliphatic rings. The minimum atomic E-state index is -0.107. The van der Waals surface area contributed by atoms with Gasteiger partial charge in [-0.1, -0.05) is 18.2 Å². The van der Waals surface area contributed by atoms with Crippen molar-refractivity contribution < 1.29 is 14.3 Å². The van der Waals surface area contributed by atoms with Gasteiger partial charge < -0.3 is 14.8 Å². The van der Waals surface area contributed by atoms with Crippen molar-refractivity contribution in [2.24, 2.45) is 0 Å². The zero-order chi connectivity index (χ0) is 19.9. The van der Waals surface area contributed by atoms with Crippen molar-refractivity contribution in [3.63, 3.8) is 0 Å². The van der Waals surface area contributed by atoms with E-state index in [1.54, 1.807) is 17.5 Å². The summed E-state index contributed by atoms with van der Waals surface area (Å²) < 4.78 is 11.2. The number of benzene rings is 1. The molecule has 0 atom stereocenters. The van der Waals surface area contributed by atoms with Crippen LogP contribution < -0.4 is 10.1 Å². The highest BCUT2D eigenvalue weighted by molar-refractivity contribution is 7.21. The molecule has 0 spiro atoms. The first kappa shape index (κ1) is 20.0. The lowest BCUT2D eigenvalue weighted by molar-refractivity contribution is 0.0322. The van der Waals surface area contributed by atoms with Gasteiger partial charge in [0.1, 0.15) is 22.2 Å². The molecule has 0 unspecified atom stereocenters. The van der Waals surface area contributed by atoms with Crippen molar-refractivity contribution in [3.8, 4) is 15.6 Å². The topological polar surface area (TPSA) is 63.7 Å². The molecule has 0 radical (unpaired) electrons. The van der Waals surface area contributed by atoms with Crippen molar-refractivity contribution in [1.82, 2.24) is 15.2 Å². The first-order valence-corrected chi connectivity index (χ1v) is 11.3. The summed E-state index contributed by atoms with van der Waals surface area (Å²) in [5.41, 5.74) is 1.00. The molecule has 1 aliphatic heterocycles. The van der Waals surface area contributed by atoms with E-state index < -0.39 is 0 Å². The summed E-state index contributed by atoms with van der Waals surface area (Å²) in [6, 6.07) is 11.9. The lowest BCUT2D eigenvalue weighted by Gasteiger charge is -2.26. The molecule has 3 heterocycles. The quantitative estimate of drug-likeness (QED) is 0.594. The van der Waals surface area contributed by atoms with Gasteiger partial charge in [-0.25, -0.2) is 4.98 Å². The number of thiophene rings is 1. The number of thiazole rings is 1. The average Bonchev–Trinajstić information content (AvgIpc) is 3.45. The minimum Gasteiger partial charge on any atom is -0.492 e. The number of amides is 1. The second kappa shape index (κ2) is 9.98. The first-order valence-electron chi connectivity index (χ1n) is 9.58. The number of nitrogens with one attached hydrogen (secondary N) is 1. The second-order valence-electron chi connectivity index (χ2n) is 6.64. The van der Waals surface area contributed by atoms with Gasteiger partial charge in [0.2, 0.25) is 0 Å². The van der Waals surface area contributed by atoms with Crippen LogP contribution in [0.15, 0.2) is 48.0 Å². The monoisotopic (exact) mass is 429 g/mol.